The van der Waals surface area contributed by atoms with Crippen molar-refractivity contribution in [2.24, 2.45) is 5.92 Å². The molecule has 0 radical (unpaired) electrons. The Balaban J connectivity index is 1.69. The number of piperidine rings is 1. The lowest BCUT2D eigenvalue weighted by atomic mass is 9.99. The molecule has 1 aliphatic heterocycles. The second kappa shape index (κ2) is 6.35. The van der Waals surface area contributed by atoms with Crippen molar-refractivity contribution in [2.75, 3.05) is 19.6 Å². The van der Waals surface area contributed by atoms with Gasteiger partial charge in [0.2, 0.25) is 5.91 Å². The minimum absolute atomic E-state index is 0.154. The molecule has 1 aliphatic rings. The molecule has 0 saturated carbocycles. The number of carbonyl (C=O) groups excluding carboxylic acids is 1. The number of pyridine rings is 1. The quantitative estimate of drug-likeness (QED) is 0.806. The molecule has 4 nitrogen and oxygen atoms in total. The van der Waals surface area contributed by atoms with Crippen LogP contribution in [0.1, 0.15) is 18.4 Å². The predicted octanol–water partition coefficient (Wildman–Crippen LogP) is 0.740. The molecule has 17 heavy (non-hydrogen) atoms. The van der Waals surface area contributed by atoms with E-state index in [0.717, 1.165) is 32.4 Å². The molecule has 0 spiro atoms. The summed E-state index contributed by atoms with van der Waals surface area (Å²) in [6.07, 6.45) is 6.54. The van der Waals surface area contributed by atoms with Crippen LogP contribution in [0.2, 0.25) is 0 Å². The average molecular weight is 233 g/mol. The summed E-state index contributed by atoms with van der Waals surface area (Å²) in [6.45, 7) is 2.57. The lowest BCUT2D eigenvalue weighted by molar-refractivity contribution is -0.125. The third kappa shape index (κ3) is 3.82. The minimum atomic E-state index is 0.154. The topological polar surface area (TPSA) is 54.0 Å². The van der Waals surface area contributed by atoms with E-state index >= 15 is 0 Å². The Bertz CT molecular complexity index is 347. The molecule has 4 heteroatoms. The van der Waals surface area contributed by atoms with E-state index in [4.69, 9.17) is 0 Å². The largest absolute Gasteiger partial charge is 0.355 e. The maximum Gasteiger partial charge on any atom is 0.224 e. The van der Waals surface area contributed by atoms with Gasteiger partial charge in [-0.3, -0.25) is 9.78 Å². The molecular formula is C13H19N3O. The number of nitrogens with zero attached hydrogens (tertiary/aromatic N) is 1. The molecule has 1 saturated heterocycles. The van der Waals surface area contributed by atoms with Gasteiger partial charge in [-0.05, 0) is 43.5 Å². The highest BCUT2D eigenvalue weighted by Crippen LogP contribution is 2.09. The summed E-state index contributed by atoms with van der Waals surface area (Å²) in [5.74, 6) is 0.340. The van der Waals surface area contributed by atoms with E-state index in [-0.39, 0.29) is 11.8 Å². The number of nitrogens with one attached hydrogen (secondary N) is 2. The Morgan fingerprint density at radius 1 is 1.47 bits per heavy atom. The first-order chi connectivity index (χ1) is 8.36. The van der Waals surface area contributed by atoms with Crippen LogP contribution in [-0.4, -0.2) is 30.5 Å². The number of rotatable bonds is 4. The van der Waals surface area contributed by atoms with Crippen LogP contribution in [0.3, 0.4) is 0 Å². The van der Waals surface area contributed by atoms with Crippen molar-refractivity contribution < 1.29 is 4.79 Å². The van der Waals surface area contributed by atoms with Gasteiger partial charge >= 0.3 is 0 Å². The second-order valence-corrected chi connectivity index (χ2v) is 4.44. The van der Waals surface area contributed by atoms with E-state index in [2.05, 4.69) is 15.6 Å². The minimum Gasteiger partial charge on any atom is -0.355 e. The first-order valence-electron chi connectivity index (χ1n) is 6.23. The highest BCUT2D eigenvalue weighted by molar-refractivity contribution is 5.78. The standard InChI is InChI=1S/C13H19N3O/c17-13(12-2-1-6-15-10-12)16-9-5-11-3-7-14-8-4-11/h3-4,7-8,12,15H,1-2,5-6,9-10H2,(H,16,17)/t12-/m1/s1. The first kappa shape index (κ1) is 12.0. The van der Waals surface area contributed by atoms with E-state index in [9.17, 15) is 4.79 Å². The molecule has 0 aromatic carbocycles. The molecule has 1 atom stereocenters. The fraction of sp³-hybridized carbons (Fsp3) is 0.538. The fourth-order valence-corrected chi connectivity index (χ4v) is 2.10. The van der Waals surface area contributed by atoms with Crippen molar-refractivity contribution in [1.29, 1.82) is 0 Å². The maximum absolute atomic E-state index is 11.8. The van der Waals surface area contributed by atoms with Gasteiger partial charge in [0.15, 0.2) is 0 Å². The summed E-state index contributed by atoms with van der Waals surface area (Å²) in [4.78, 5) is 15.8. The van der Waals surface area contributed by atoms with Gasteiger partial charge in [0.05, 0.1) is 5.92 Å². The Morgan fingerprint density at radius 3 is 3.00 bits per heavy atom. The molecule has 1 aromatic rings. The van der Waals surface area contributed by atoms with Gasteiger partial charge in [0.1, 0.15) is 0 Å². The van der Waals surface area contributed by atoms with Crippen molar-refractivity contribution in [2.45, 2.75) is 19.3 Å². The van der Waals surface area contributed by atoms with Gasteiger partial charge in [-0.25, -0.2) is 0 Å². The molecule has 0 aliphatic carbocycles. The Hall–Kier alpha value is -1.42. The van der Waals surface area contributed by atoms with Crippen LogP contribution in [-0.2, 0) is 11.2 Å². The van der Waals surface area contributed by atoms with Gasteiger partial charge in [-0.2, -0.15) is 0 Å². The fourth-order valence-electron chi connectivity index (χ4n) is 2.10. The predicted molar refractivity (Wildman–Crippen MR) is 66.5 cm³/mol. The lowest BCUT2D eigenvalue weighted by Gasteiger charge is -2.21. The zero-order valence-electron chi connectivity index (χ0n) is 9.98. The zero-order chi connectivity index (χ0) is 11.9. The Morgan fingerprint density at radius 2 is 2.29 bits per heavy atom. The first-order valence-corrected chi connectivity index (χ1v) is 6.23. The van der Waals surface area contributed by atoms with Gasteiger partial charge in [0, 0.05) is 25.5 Å². The highest BCUT2D eigenvalue weighted by Gasteiger charge is 2.19. The molecule has 1 aromatic heterocycles. The van der Waals surface area contributed by atoms with Crippen LogP contribution >= 0.6 is 0 Å². The summed E-state index contributed by atoms with van der Waals surface area (Å²) in [5.41, 5.74) is 1.21. The molecule has 92 valence electrons. The maximum atomic E-state index is 11.8. The third-order valence-corrected chi connectivity index (χ3v) is 3.13. The molecular weight excluding hydrogens is 214 g/mol. The van der Waals surface area contributed by atoms with Crippen molar-refractivity contribution in [3.63, 3.8) is 0 Å². The lowest BCUT2D eigenvalue weighted by Crippen LogP contribution is -2.41. The van der Waals surface area contributed by atoms with Crippen molar-refractivity contribution in [3.8, 4) is 0 Å². The molecule has 2 N–H and O–H groups in total. The van der Waals surface area contributed by atoms with E-state index in [1.54, 1.807) is 12.4 Å². The Labute approximate surface area is 102 Å². The molecule has 2 heterocycles. The average Bonchev–Trinajstić information content (AvgIpc) is 2.41. The summed E-state index contributed by atoms with van der Waals surface area (Å²) in [5, 5.41) is 6.26. The van der Waals surface area contributed by atoms with Gasteiger partial charge in [-0.1, -0.05) is 0 Å². The smallest absolute Gasteiger partial charge is 0.224 e. The summed E-state index contributed by atoms with van der Waals surface area (Å²) in [6, 6.07) is 3.96. The number of aromatic nitrogens is 1. The van der Waals surface area contributed by atoms with Crippen LogP contribution in [0.15, 0.2) is 24.5 Å². The summed E-state index contributed by atoms with van der Waals surface area (Å²) in [7, 11) is 0. The molecule has 1 amide bonds. The van der Waals surface area contributed by atoms with Crippen molar-refractivity contribution in [3.05, 3.63) is 30.1 Å². The Kier molecular flexibility index (Phi) is 4.50. The van der Waals surface area contributed by atoms with E-state index in [0.29, 0.717) is 6.54 Å². The van der Waals surface area contributed by atoms with E-state index in [1.807, 2.05) is 12.1 Å². The molecule has 1 fully saturated rings. The van der Waals surface area contributed by atoms with Gasteiger partial charge in [0.25, 0.3) is 0 Å². The third-order valence-electron chi connectivity index (χ3n) is 3.13. The zero-order valence-corrected chi connectivity index (χ0v) is 9.98. The second-order valence-electron chi connectivity index (χ2n) is 4.44. The van der Waals surface area contributed by atoms with Crippen LogP contribution in [0.25, 0.3) is 0 Å². The van der Waals surface area contributed by atoms with Crippen LogP contribution in [0.4, 0.5) is 0 Å². The van der Waals surface area contributed by atoms with Gasteiger partial charge in [-0.15, -0.1) is 0 Å². The van der Waals surface area contributed by atoms with Gasteiger partial charge < -0.3 is 10.6 Å². The molecule has 2 rings (SSSR count). The number of carbonyl (C=O) groups is 1. The summed E-state index contributed by atoms with van der Waals surface area (Å²) >= 11 is 0. The van der Waals surface area contributed by atoms with E-state index in [1.165, 1.54) is 5.56 Å². The van der Waals surface area contributed by atoms with Crippen molar-refractivity contribution in [1.82, 2.24) is 15.6 Å². The van der Waals surface area contributed by atoms with Crippen LogP contribution in [0.5, 0.6) is 0 Å². The normalized spacial score (nSPS) is 19.9. The highest BCUT2D eigenvalue weighted by atomic mass is 16.1. The monoisotopic (exact) mass is 233 g/mol. The SMILES string of the molecule is O=C(NCCc1ccncc1)[C@@H]1CCCNC1. The molecule has 0 unspecified atom stereocenters. The molecule has 0 bridgehead atoms. The number of hydrogen-bond donors (Lipinski definition) is 2. The summed E-state index contributed by atoms with van der Waals surface area (Å²) < 4.78 is 0. The number of hydrogen-bond acceptors (Lipinski definition) is 3. The van der Waals surface area contributed by atoms with Crippen LogP contribution in [0, 0.1) is 5.92 Å². The number of amides is 1. The van der Waals surface area contributed by atoms with E-state index < -0.39 is 0 Å². The van der Waals surface area contributed by atoms with Crippen LogP contribution < -0.4 is 10.6 Å². The van der Waals surface area contributed by atoms with Crippen molar-refractivity contribution >= 4 is 5.91 Å².